The first kappa shape index (κ1) is 18.1. The van der Waals surface area contributed by atoms with Gasteiger partial charge < -0.3 is 19.9 Å². The highest BCUT2D eigenvalue weighted by molar-refractivity contribution is 5.93. The molecule has 2 N–H and O–H groups in total. The smallest absolute Gasteiger partial charge is 0.320 e. The molecule has 10 heteroatoms. The third-order valence-electron chi connectivity index (χ3n) is 4.67. The predicted octanol–water partition coefficient (Wildman–Crippen LogP) is 2.00. The number of carbonyl (C=O) groups excluding carboxylic acids is 1. The molecule has 0 saturated carbocycles. The number of amides is 2. The number of carbonyl (C=O) groups is 1. The van der Waals surface area contributed by atoms with Crippen LogP contribution in [0.25, 0.3) is 11.3 Å². The minimum Gasteiger partial charge on any atom is -0.381 e. The molecule has 28 heavy (non-hydrogen) atoms. The van der Waals surface area contributed by atoms with E-state index in [-0.39, 0.29) is 6.03 Å². The van der Waals surface area contributed by atoms with Gasteiger partial charge in [-0.1, -0.05) is 5.16 Å². The first-order valence-corrected chi connectivity index (χ1v) is 8.97. The monoisotopic (exact) mass is 383 g/mol. The molecule has 1 aliphatic rings. The summed E-state index contributed by atoms with van der Waals surface area (Å²) in [6.45, 7) is 2.74. The largest absolute Gasteiger partial charge is 0.381 e. The Labute approximate surface area is 161 Å². The Morgan fingerprint density at radius 3 is 2.82 bits per heavy atom. The number of aromatic nitrogens is 5. The van der Waals surface area contributed by atoms with Crippen LogP contribution in [0.4, 0.5) is 10.5 Å². The molecule has 0 spiro atoms. The average Bonchev–Trinajstić information content (AvgIpc) is 3.31. The highest BCUT2D eigenvalue weighted by Crippen LogP contribution is 2.31. The number of nitrogens with one attached hydrogen (secondary N) is 2. The molecule has 0 bridgehead atoms. The van der Waals surface area contributed by atoms with Crippen molar-refractivity contribution in [2.24, 2.45) is 7.05 Å². The topological polar surface area (TPSA) is 120 Å². The number of anilines is 1. The molecule has 3 aromatic heterocycles. The van der Waals surface area contributed by atoms with E-state index in [4.69, 9.17) is 9.26 Å². The van der Waals surface area contributed by atoms with Crippen LogP contribution in [0.1, 0.15) is 24.6 Å². The molecule has 2 amide bonds. The van der Waals surface area contributed by atoms with Gasteiger partial charge in [-0.3, -0.25) is 9.67 Å². The lowest BCUT2D eigenvalue weighted by Crippen LogP contribution is -2.51. The van der Waals surface area contributed by atoms with Crippen molar-refractivity contribution in [3.05, 3.63) is 42.4 Å². The van der Waals surface area contributed by atoms with Crippen LogP contribution in [0.5, 0.6) is 0 Å². The third-order valence-corrected chi connectivity index (χ3v) is 4.67. The number of pyridine rings is 1. The molecular weight excluding hydrogens is 362 g/mol. The van der Waals surface area contributed by atoms with E-state index in [1.165, 1.54) is 0 Å². The van der Waals surface area contributed by atoms with Crippen LogP contribution in [-0.2, 0) is 17.3 Å². The maximum absolute atomic E-state index is 12.9. The maximum atomic E-state index is 12.9. The molecule has 10 nitrogen and oxygen atoms in total. The molecule has 146 valence electrons. The number of ether oxygens (including phenoxy) is 1. The van der Waals surface area contributed by atoms with Gasteiger partial charge >= 0.3 is 6.03 Å². The second-order valence-corrected chi connectivity index (χ2v) is 6.72. The van der Waals surface area contributed by atoms with E-state index in [2.05, 4.69) is 30.9 Å². The van der Waals surface area contributed by atoms with Crippen molar-refractivity contribution >= 4 is 11.7 Å². The summed E-state index contributed by atoms with van der Waals surface area (Å²) in [5.41, 5.74) is 1.27. The van der Waals surface area contributed by atoms with E-state index in [0.29, 0.717) is 49.2 Å². The summed E-state index contributed by atoms with van der Waals surface area (Å²) >= 11 is 0. The molecule has 0 atom stereocenters. The zero-order valence-corrected chi connectivity index (χ0v) is 15.7. The lowest BCUT2D eigenvalue weighted by molar-refractivity contribution is 0.0285. The first-order chi connectivity index (χ1) is 13.6. The van der Waals surface area contributed by atoms with Gasteiger partial charge in [0.15, 0.2) is 5.82 Å². The summed E-state index contributed by atoms with van der Waals surface area (Å²) < 4.78 is 12.5. The highest BCUT2D eigenvalue weighted by atomic mass is 16.5. The molecular formula is C18H21N7O3. The number of hydrogen-bond acceptors (Lipinski definition) is 7. The van der Waals surface area contributed by atoms with Crippen LogP contribution < -0.4 is 10.6 Å². The fourth-order valence-electron chi connectivity index (χ4n) is 3.25. The molecule has 1 aliphatic heterocycles. The number of aryl methyl sites for hydroxylation is 2. The fourth-order valence-corrected chi connectivity index (χ4v) is 3.25. The van der Waals surface area contributed by atoms with E-state index < -0.39 is 5.54 Å². The van der Waals surface area contributed by atoms with E-state index >= 15 is 0 Å². The number of hydrogen-bond donors (Lipinski definition) is 2. The van der Waals surface area contributed by atoms with Crippen LogP contribution in [0.15, 0.2) is 35.2 Å². The Hall–Kier alpha value is -3.27. The summed E-state index contributed by atoms with van der Waals surface area (Å²) in [5, 5.41) is 13.9. The highest BCUT2D eigenvalue weighted by Gasteiger charge is 2.41. The lowest BCUT2D eigenvalue weighted by Gasteiger charge is -2.34. The zero-order valence-electron chi connectivity index (χ0n) is 15.7. The van der Waals surface area contributed by atoms with Gasteiger partial charge in [-0.25, -0.2) is 4.79 Å². The van der Waals surface area contributed by atoms with Gasteiger partial charge in [0.05, 0.1) is 17.6 Å². The van der Waals surface area contributed by atoms with Crippen LogP contribution in [0, 0.1) is 6.92 Å². The van der Waals surface area contributed by atoms with Crippen LogP contribution in [-0.4, -0.2) is 44.1 Å². The van der Waals surface area contributed by atoms with Crippen molar-refractivity contribution in [1.29, 1.82) is 0 Å². The third kappa shape index (κ3) is 3.58. The van der Waals surface area contributed by atoms with Crippen LogP contribution in [0.3, 0.4) is 0 Å². The van der Waals surface area contributed by atoms with E-state index in [9.17, 15) is 4.79 Å². The molecule has 0 radical (unpaired) electrons. The summed E-state index contributed by atoms with van der Waals surface area (Å²) in [7, 11) is 1.83. The van der Waals surface area contributed by atoms with Crippen molar-refractivity contribution in [2.75, 3.05) is 18.5 Å². The normalized spacial score (nSPS) is 15.9. The Kier molecular flexibility index (Phi) is 4.78. The van der Waals surface area contributed by atoms with Gasteiger partial charge in [0, 0.05) is 51.1 Å². The molecule has 1 saturated heterocycles. The average molecular weight is 383 g/mol. The molecule has 0 unspecified atom stereocenters. The second-order valence-electron chi connectivity index (χ2n) is 6.72. The Morgan fingerprint density at radius 2 is 2.14 bits per heavy atom. The first-order valence-electron chi connectivity index (χ1n) is 8.97. The number of nitrogens with zero attached hydrogens (tertiary/aromatic N) is 5. The Bertz CT molecular complexity index is 975. The standard InChI is InChI=1S/C18H21N7O3/c1-12-21-16(28-24-12)18(5-8-27-9-6-18)23-17(26)22-14-4-3-7-19-15(14)13-10-20-25(2)11-13/h3-4,7,10-11H,5-6,8-9H2,1-2H3,(H2,22,23,26). The van der Waals surface area contributed by atoms with Crippen molar-refractivity contribution in [3.8, 4) is 11.3 Å². The van der Waals surface area contributed by atoms with Gasteiger partial charge in [-0.15, -0.1) is 0 Å². The van der Waals surface area contributed by atoms with Gasteiger partial charge in [-0.05, 0) is 19.1 Å². The van der Waals surface area contributed by atoms with Gasteiger partial charge in [0.2, 0.25) is 0 Å². The van der Waals surface area contributed by atoms with Crippen molar-refractivity contribution in [1.82, 2.24) is 30.2 Å². The minimum absolute atomic E-state index is 0.379. The summed E-state index contributed by atoms with van der Waals surface area (Å²) in [5.74, 6) is 0.913. The quantitative estimate of drug-likeness (QED) is 0.707. The number of urea groups is 1. The van der Waals surface area contributed by atoms with E-state index in [1.807, 2.05) is 13.2 Å². The van der Waals surface area contributed by atoms with E-state index in [1.54, 1.807) is 36.1 Å². The molecule has 4 heterocycles. The van der Waals surface area contributed by atoms with Crippen LogP contribution in [0.2, 0.25) is 0 Å². The van der Waals surface area contributed by atoms with E-state index in [0.717, 1.165) is 5.56 Å². The van der Waals surface area contributed by atoms with Crippen LogP contribution >= 0.6 is 0 Å². The predicted molar refractivity (Wildman–Crippen MR) is 99.4 cm³/mol. The zero-order chi connectivity index (χ0) is 19.6. The van der Waals surface area contributed by atoms with Crippen molar-refractivity contribution in [2.45, 2.75) is 25.3 Å². The maximum Gasteiger partial charge on any atom is 0.320 e. The summed E-state index contributed by atoms with van der Waals surface area (Å²) in [4.78, 5) is 21.6. The van der Waals surface area contributed by atoms with Crippen molar-refractivity contribution in [3.63, 3.8) is 0 Å². The SMILES string of the molecule is Cc1noc(C2(NC(=O)Nc3cccnc3-c3cnn(C)c3)CCOCC2)n1. The van der Waals surface area contributed by atoms with Crippen molar-refractivity contribution < 1.29 is 14.1 Å². The molecule has 3 aromatic rings. The Balaban J connectivity index is 1.57. The van der Waals surface area contributed by atoms with Gasteiger partial charge in [-0.2, -0.15) is 10.1 Å². The van der Waals surface area contributed by atoms with Gasteiger partial charge in [0.25, 0.3) is 5.89 Å². The molecule has 1 fully saturated rings. The molecule has 4 rings (SSSR count). The Morgan fingerprint density at radius 1 is 1.32 bits per heavy atom. The lowest BCUT2D eigenvalue weighted by atomic mass is 9.90. The summed E-state index contributed by atoms with van der Waals surface area (Å²) in [6, 6.07) is 3.18. The fraction of sp³-hybridized carbons (Fsp3) is 0.389. The second kappa shape index (κ2) is 7.39. The van der Waals surface area contributed by atoms with Gasteiger partial charge in [0.1, 0.15) is 5.54 Å². The molecule has 0 aliphatic carbocycles. The number of rotatable bonds is 4. The molecule has 0 aromatic carbocycles. The minimum atomic E-state index is -0.764. The summed E-state index contributed by atoms with van der Waals surface area (Å²) in [6.07, 6.45) is 6.31.